The van der Waals surface area contributed by atoms with E-state index in [1.807, 2.05) is 42.1 Å². The zero-order valence-corrected chi connectivity index (χ0v) is 19.5. The summed E-state index contributed by atoms with van der Waals surface area (Å²) in [6.07, 6.45) is 4.30. The van der Waals surface area contributed by atoms with E-state index in [2.05, 4.69) is 22.4 Å². The quantitative estimate of drug-likeness (QED) is 0.376. The Hall–Kier alpha value is -1.67. The third-order valence-corrected chi connectivity index (χ3v) is 8.62. The minimum absolute atomic E-state index is 0.435. The zero-order valence-electron chi connectivity index (χ0n) is 17.1. The van der Waals surface area contributed by atoms with E-state index in [0.29, 0.717) is 4.90 Å². The summed E-state index contributed by atoms with van der Waals surface area (Å²) in [7, 11) is -3.14. The number of hydrogen-bond donors (Lipinski definition) is 0. The Labute approximate surface area is 187 Å². The monoisotopic (exact) mass is 458 g/mol. The molecule has 0 aliphatic carbocycles. The molecule has 2 heterocycles. The van der Waals surface area contributed by atoms with E-state index in [9.17, 15) is 8.42 Å². The lowest BCUT2D eigenvalue weighted by Crippen LogP contribution is -2.27. The topological polar surface area (TPSA) is 50.3 Å². The molecule has 0 bridgehead atoms. The maximum atomic E-state index is 11.8. The number of benzene rings is 2. The molecule has 0 amide bonds. The van der Waals surface area contributed by atoms with E-state index < -0.39 is 9.84 Å². The number of fused-ring (bicyclic) bond motifs is 1. The van der Waals surface area contributed by atoms with Gasteiger partial charge in [0.05, 0.1) is 10.6 Å². The van der Waals surface area contributed by atoms with E-state index in [-0.39, 0.29) is 0 Å². The molecule has 7 heteroatoms. The number of thioether (sulfide) groups is 1. The van der Waals surface area contributed by atoms with Crippen molar-refractivity contribution in [2.75, 3.05) is 31.6 Å². The van der Waals surface area contributed by atoms with E-state index in [1.165, 1.54) is 22.9 Å². The van der Waals surface area contributed by atoms with E-state index in [0.717, 1.165) is 54.7 Å². The number of rotatable bonds is 7. The van der Waals surface area contributed by atoms with Crippen molar-refractivity contribution in [1.29, 1.82) is 0 Å². The fourth-order valence-electron chi connectivity index (χ4n) is 3.71. The number of thiazole rings is 1. The summed E-state index contributed by atoms with van der Waals surface area (Å²) in [5.74, 6) is 1.06. The molecule has 0 unspecified atom stereocenters. The lowest BCUT2D eigenvalue weighted by molar-refractivity contribution is 0.289. The van der Waals surface area contributed by atoms with Crippen LogP contribution in [0.3, 0.4) is 0 Å². The first-order chi connectivity index (χ1) is 14.5. The SMILES string of the molecule is CS(=O)(=O)c1ccc2c(c1)CCN(CCCSc1nc(-c3ccccc3)cs1)CC2. The van der Waals surface area contributed by atoms with Gasteiger partial charge in [-0.1, -0.05) is 48.2 Å². The fourth-order valence-corrected chi connectivity index (χ4v) is 6.22. The Bertz CT molecular complexity index is 1090. The Kier molecular flexibility index (Phi) is 6.93. The van der Waals surface area contributed by atoms with Gasteiger partial charge in [-0.25, -0.2) is 13.4 Å². The number of sulfone groups is 1. The van der Waals surface area contributed by atoms with Crippen LogP contribution in [0.2, 0.25) is 0 Å². The first-order valence-electron chi connectivity index (χ1n) is 10.2. The molecular weight excluding hydrogens is 432 g/mol. The van der Waals surface area contributed by atoms with Crippen molar-refractivity contribution < 1.29 is 8.42 Å². The molecule has 0 atom stereocenters. The molecular formula is C23H26N2O2S3. The van der Waals surface area contributed by atoms with Gasteiger partial charge in [-0.2, -0.15) is 0 Å². The molecule has 0 fully saturated rings. The third kappa shape index (κ3) is 5.52. The number of nitrogens with zero attached hydrogens (tertiary/aromatic N) is 2. The van der Waals surface area contributed by atoms with Crippen molar-refractivity contribution in [2.45, 2.75) is 28.5 Å². The Morgan fingerprint density at radius 3 is 2.60 bits per heavy atom. The molecule has 0 saturated carbocycles. The standard InChI is InChI=1S/C23H26N2O2S3/c1-30(26,27)21-9-8-18-10-13-25(14-11-20(18)16-21)12-5-15-28-23-24-22(17-29-23)19-6-3-2-4-7-19/h2-4,6-9,16-17H,5,10-15H2,1H3. The van der Waals surface area contributed by atoms with Crippen molar-refractivity contribution in [2.24, 2.45) is 0 Å². The second kappa shape index (κ2) is 9.64. The maximum Gasteiger partial charge on any atom is 0.175 e. The second-order valence-electron chi connectivity index (χ2n) is 7.61. The molecule has 4 rings (SSSR count). The first kappa shape index (κ1) is 21.6. The van der Waals surface area contributed by atoms with Gasteiger partial charge in [0.15, 0.2) is 14.2 Å². The van der Waals surface area contributed by atoms with Gasteiger partial charge in [-0.15, -0.1) is 11.3 Å². The molecule has 0 N–H and O–H groups in total. The highest BCUT2D eigenvalue weighted by Crippen LogP contribution is 2.28. The van der Waals surface area contributed by atoms with Gasteiger partial charge in [0, 0.05) is 36.0 Å². The molecule has 1 aromatic heterocycles. The summed E-state index contributed by atoms with van der Waals surface area (Å²) in [5.41, 5.74) is 4.70. The predicted molar refractivity (Wildman–Crippen MR) is 126 cm³/mol. The molecule has 0 radical (unpaired) electrons. The van der Waals surface area contributed by atoms with Crippen LogP contribution in [0.1, 0.15) is 17.5 Å². The van der Waals surface area contributed by atoms with Crippen LogP contribution in [-0.4, -0.2) is 49.9 Å². The van der Waals surface area contributed by atoms with Crippen molar-refractivity contribution >= 4 is 32.9 Å². The molecule has 30 heavy (non-hydrogen) atoms. The number of aromatic nitrogens is 1. The summed E-state index contributed by atoms with van der Waals surface area (Å²) in [5, 5.41) is 2.13. The first-order valence-corrected chi connectivity index (χ1v) is 13.9. The van der Waals surface area contributed by atoms with Crippen LogP contribution in [0.25, 0.3) is 11.3 Å². The number of hydrogen-bond acceptors (Lipinski definition) is 6. The largest absolute Gasteiger partial charge is 0.303 e. The zero-order chi connectivity index (χ0) is 21.0. The minimum atomic E-state index is -3.14. The predicted octanol–water partition coefficient (Wildman–Crippen LogP) is 4.80. The summed E-state index contributed by atoms with van der Waals surface area (Å²) in [6, 6.07) is 15.9. The fraction of sp³-hybridized carbons (Fsp3) is 0.348. The molecule has 4 nitrogen and oxygen atoms in total. The maximum absolute atomic E-state index is 11.8. The molecule has 1 aliphatic rings. The minimum Gasteiger partial charge on any atom is -0.303 e. The highest BCUT2D eigenvalue weighted by molar-refractivity contribution is 8.01. The smallest absolute Gasteiger partial charge is 0.175 e. The van der Waals surface area contributed by atoms with Crippen LogP contribution < -0.4 is 0 Å². The van der Waals surface area contributed by atoms with Gasteiger partial charge in [0.1, 0.15) is 0 Å². The lowest BCUT2D eigenvalue weighted by atomic mass is 10.0. The molecule has 1 aliphatic heterocycles. The van der Waals surface area contributed by atoms with Crippen LogP contribution in [0, 0.1) is 0 Å². The van der Waals surface area contributed by atoms with Gasteiger partial charge in [0.2, 0.25) is 0 Å². The molecule has 2 aromatic carbocycles. The van der Waals surface area contributed by atoms with Crippen molar-refractivity contribution in [3.8, 4) is 11.3 Å². The van der Waals surface area contributed by atoms with Gasteiger partial charge >= 0.3 is 0 Å². The summed E-state index contributed by atoms with van der Waals surface area (Å²) < 4.78 is 24.8. The van der Waals surface area contributed by atoms with E-state index >= 15 is 0 Å². The van der Waals surface area contributed by atoms with Crippen molar-refractivity contribution in [1.82, 2.24) is 9.88 Å². The molecule has 0 spiro atoms. The van der Waals surface area contributed by atoms with Crippen LogP contribution >= 0.6 is 23.1 Å². The van der Waals surface area contributed by atoms with Crippen molar-refractivity contribution in [3.05, 3.63) is 65.0 Å². The Balaban J connectivity index is 1.25. The molecule has 3 aromatic rings. The normalized spacial score (nSPS) is 15.0. The second-order valence-corrected chi connectivity index (χ2v) is 11.8. The molecule has 158 valence electrons. The highest BCUT2D eigenvalue weighted by Gasteiger charge is 2.16. The molecule has 0 saturated heterocycles. The Morgan fingerprint density at radius 1 is 1.07 bits per heavy atom. The van der Waals surface area contributed by atoms with Crippen molar-refractivity contribution in [3.63, 3.8) is 0 Å². The third-order valence-electron chi connectivity index (χ3n) is 5.40. The Morgan fingerprint density at radius 2 is 1.83 bits per heavy atom. The van der Waals surface area contributed by atoms with Crippen LogP contribution in [-0.2, 0) is 22.7 Å². The van der Waals surface area contributed by atoms with Gasteiger partial charge in [-0.05, 0) is 49.1 Å². The van der Waals surface area contributed by atoms with Crippen LogP contribution in [0.4, 0.5) is 0 Å². The van der Waals surface area contributed by atoms with Crippen LogP contribution in [0.5, 0.6) is 0 Å². The lowest BCUT2D eigenvalue weighted by Gasteiger charge is -2.19. The average Bonchev–Trinajstić information content (AvgIpc) is 3.12. The summed E-state index contributed by atoms with van der Waals surface area (Å²) in [6.45, 7) is 3.09. The summed E-state index contributed by atoms with van der Waals surface area (Å²) in [4.78, 5) is 7.69. The van der Waals surface area contributed by atoms with E-state index in [1.54, 1.807) is 17.4 Å². The van der Waals surface area contributed by atoms with E-state index in [4.69, 9.17) is 4.98 Å². The highest BCUT2D eigenvalue weighted by atomic mass is 32.2. The van der Waals surface area contributed by atoms with Gasteiger partial charge in [0.25, 0.3) is 0 Å². The van der Waals surface area contributed by atoms with Gasteiger partial charge < -0.3 is 4.90 Å². The summed E-state index contributed by atoms with van der Waals surface area (Å²) >= 11 is 3.55. The average molecular weight is 459 g/mol. The van der Waals surface area contributed by atoms with Crippen LogP contribution in [0.15, 0.2) is 63.1 Å². The van der Waals surface area contributed by atoms with Gasteiger partial charge in [-0.3, -0.25) is 0 Å².